The van der Waals surface area contributed by atoms with E-state index in [1.807, 2.05) is 19.1 Å². The summed E-state index contributed by atoms with van der Waals surface area (Å²) in [5, 5.41) is 3.35. The van der Waals surface area contributed by atoms with Crippen molar-refractivity contribution >= 4 is 35.1 Å². The molecular formula is C28H41N7O3S. The lowest BCUT2D eigenvalue weighted by molar-refractivity contribution is 0.194. The maximum atomic E-state index is 6.32. The maximum Gasteiger partial charge on any atom is 0.246 e. The molecule has 1 aromatic carbocycles. The highest BCUT2D eigenvalue weighted by Crippen LogP contribution is 2.41. The summed E-state index contributed by atoms with van der Waals surface area (Å²) in [6.07, 6.45) is 12.6. The fraction of sp³-hybridized carbons (Fsp3) is 0.357. The van der Waals surface area contributed by atoms with Crippen LogP contribution in [0, 0.1) is 0 Å². The van der Waals surface area contributed by atoms with Crippen LogP contribution < -0.4 is 21.5 Å². The summed E-state index contributed by atoms with van der Waals surface area (Å²) < 4.78 is 6.32. The van der Waals surface area contributed by atoms with Crippen LogP contribution in [0.5, 0.6) is 5.88 Å². The first kappa shape index (κ1) is 31.7. The number of rotatable bonds is 8. The third-order valence-corrected chi connectivity index (χ3v) is 6.78. The van der Waals surface area contributed by atoms with Crippen LogP contribution in [-0.4, -0.2) is 63.2 Å². The van der Waals surface area contributed by atoms with E-state index < -0.39 is 0 Å². The van der Waals surface area contributed by atoms with Gasteiger partial charge in [-0.25, -0.2) is 9.97 Å². The number of nitrogens with zero attached hydrogens (tertiary/aromatic N) is 4. The number of anilines is 1. The zero-order valence-electron chi connectivity index (χ0n) is 22.6. The molecule has 9 N–H and O–H groups in total. The first-order valence-electron chi connectivity index (χ1n) is 12.5. The van der Waals surface area contributed by atoms with Crippen molar-refractivity contribution in [1.29, 1.82) is 0 Å². The number of aromatic nitrogens is 3. The molecule has 2 aliphatic carbocycles. The van der Waals surface area contributed by atoms with Crippen molar-refractivity contribution in [2.24, 2.45) is 16.5 Å². The first-order chi connectivity index (χ1) is 18.0. The van der Waals surface area contributed by atoms with Crippen LogP contribution in [-0.2, 0) is 0 Å². The van der Waals surface area contributed by atoms with E-state index in [1.54, 1.807) is 11.8 Å². The van der Waals surface area contributed by atoms with Crippen LogP contribution in [0.15, 0.2) is 70.1 Å². The third-order valence-electron chi connectivity index (χ3n) is 6.06. The van der Waals surface area contributed by atoms with E-state index in [-0.39, 0.29) is 24.0 Å². The van der Waals surface area contributed by atoms with Gasteiger partial charge in [0.15, 0.2) is 5.52 Å². The van der Waals surface area contributed by atoms with Gasteiger partial charge in [0.05, 0.1) is 23.6 Å². The molecule has 1 atom stereocenters. The summed E-state index contributed by atoms with van der Waals surface area (Å²) in [6, 6.07) is 12.5. The minimum absolute atomic E-state index is 0. The molecular weight excluding hydrogens is 514 g/mol. The Hall–Kier alpha value is -3.51. The molecule has 0 spiro atoms. The fourth-order valence-corrected chi connectivity index (χ4v) is 4.24. The smallest absolute Gasteiger partial charge is 0.246 e. The van der Waals surface area contributed by atoms with E-state index in [2.05, 4.69) is 66.0 Å². The number of thioether (sulfide) groups is 1. The van der Waals surface area contributed by atoms with Crippen molar-refractivity contribution in [3.8, 4) is 17.1 Å². The summed E-state index contributed by atoms with van der Waals surface area (Å²) in [5.74, 6) is 1.06. The lowest BCUT2D eigenvalue weighted by Crippen LogP contribution is -2.16. The molecule has 2 aliphatic rings. The second-order valence-electron chi connectivity index (χ2n) is 9.20. The Morgan fingerprint density at radius 1 is 1.21 bits per heavy atom. The standard InChI is InChI=1S/C26H28N6OS.C2H7N.2H2O.H2/c1-26(12-13-26)33-24-23-22(11-10-21(30-23)18-4-3-5-20(14-18)34-2)31-25(32-24)28-15-17-6-8-19(9-7-17)29-16-27;1-2-3;;;/h3-8,10-11,14,16,19H,9,12-13,15H2,1-2H3,(H2,27,29)(H,28,31,32);2-3H2,1H3;2*1H2;1H. The summed E-state index contributed by atoms with van der Waals surface area (Å²) >= 11 is 1.71. The van der Waals surface area contributed by atoms with Gasteiger partial charge >= 0.3 is 0 Å². The van der Waals surface area contributed by atoms with Gasteiger partial charge in [-0.2, -0.15) is 4.98 Å². The predicted molar refractivity (Wildman–Crippen MR) is 164 cm³/mol. The number of aliphatic imine (C=N–C) groups is 1. The fourth-order valence-electron chi connectivity index (χ4n) is 3.78. The second kappa shape index (κ2) is 14.6. The Labute approximate surface area is 235 Å². The van der Waals surface area contributed by atoms with E-state index in [9.17, 15) is 0 Å². The monoisotopic (exact) mass is 555 g/mol. The van der Waals surface area contributed by atoms with Gasteiger partial charge in [-0.3, -0.25) is 4.99 Å². The molecule has 10 nitrogen and oxygen atoms in total. The van der Waals surface area contributed by atoms with Crippen LogP contribution in [0.2, 0.25) is 0 Å². The molecule has 0 aliphatic heterocycles. The molecule has 11 heteroatoms. The van der Waals surface area contributed by atoms with Crippen molar-refractivity contribution in [2.75, 3.05) is 24.7 Å². The van der Waals surface area contributed by atoms with Crippen molar-refractivity contribution in [3.63, 3.8) is 0 Å². The van der Waals surface area contributed by atoms with E-state index in [4.69, 9.17) is 31.2 Å². The zero-order chi connectivity index (χ0) is 26.3. The predicted octanol–water partition coefficient (Wildman–Crippen LogP) is 3.56. The van der Waals surface area contributed by atoms with E-state index in [1.165, 1.54) is 11.2 Å². The van der Waals surface area contributed by atoms with Gasteiger partial charge in [0.25, 0.3) is 0 Å². The average Bonchev–Trinajstić information content (AvgIpc) is 3.65. The Morgan fingerprint density at radius 2 is 1.97 bits per heavy atom. The topological polar surface area (TPSA) is 187 Å². The largest absolute Gasteiger partial charge is 0.470 e. The molecule has 2 aromatic heterocycles. The number of pyridine rings is 1. The van der Waals surface area contributed by atoms with Crippen molar-refractivity contribution in [2.45, 2.75) is 49.6 Å². The van der Waals surface area contributed by atoms with Gasteiger partial charge in [-0.1, -0.05) is 37.3 Å². The lowest BCUT2D eigenvalue weighted by Gasteiger charge is -2.16. The normalized spacial score (nSPS) is 16.8. The molecule has 0 bridgehead atoms. The molecule has 0 saturated heterocycles. The average molecular weight is 556 g/mol. The minimum Gasteiger partial charge on any atom is -0.470 e. The Bertz CT molecular complexity index is 1330. The van der Waals surface area contributed by atoms with Crippen LogP contribution in [0.3, 0.4) is 0 Å². The number of nitrogens with two attached hydrogens (primary N) is 2. The highest BCUT2D eigenvalue weighted by Gasteiger charge is 2.41. The molecule has 0 radical (unpaired) electrons. The zero-order valence-corrected chi connectivity index (χ0v) is 23.5. The van der Waals surface area contributed by atoms with Crippen LogP contribution >= 0.6 is 11.8 Å². The molecule has 1 saturated carbocycles. The van der Waals surface area contributed by atoms with Crippen molar-refractivity contribution < 1.29 is 17.1 Å². The first-order valence-corrected chi connectivity index (χ1v) is 13.8. The Kier molecular flexibility index (Phi) is 11.9. The number of fused-ring (bicyclic) bond motifs is 1. The van der Waals surface area contributed by atoms with Crippen molar-refractivity contribution in [3.05, 3.63) is 60.2 Å². The molecule has 2 heterocycles. The van der Waals surface area contributed by atoms with E-state index >= 15 is 0 Å². The van der Waals surface area contributed by atoms with Crippen molar-refractivity contribution in [1.82, 2.24) is 15.0 Å². The van der Waals surface area contributed by atoms with Gasteiger partial charge in [0, 0.05) is 18.4 Å². The van der Waals surface area contributed by atoms with Gasteiger partial charge in [-0.15, -0.1) is 11.8 Å². The van der Waals surface area contributed by atoms with Gasteiger partial charge < -0.3 is 32.5 Å². The number of hydrogen-bond donors (Lipinski definition) is 3. The Morgan fingerprint density at radius 3 is 2.62 bits per heavy atom. The summed E-state index contributed by atoms with van der Waals surface area (Å²) in [7, 11) is 0. The molecule has 5 rings (SSSR count). The number of nitrogens with one attached hydrogen (secondary N) is 1. The molecule has 0 amide bonds. The van der Waals surface area contributed by atoms with Crippen LogP contribution in [0.4, 0.5) is 5.95 Å². The number of hydrogen-bond acceptors (Lipinski definition) is 8. The van der Waals surface area contributed by atoms with Crippen LogP contribution in [0.25, 0.3) is 22.3 Å². The summed E-state index contributed by atoms with van der Waals surface area (Å²) in [5.41, 5.74) is 14.6. The highest BCUT2D eigenvalue weighted by molar-refractivity contribution is 7.98. The minimum atomic E-state index is -0.178. The molecule has 39 heavy (non-hydrogen) atoms. The number of ether oxygens (including phenoxy) is 1. The SMILES string of the molecule is CCN.CSc1cccc(-c2ccc3nc(NCC4=CCC(N=CN)C=C4)nc(OC4(C)CC4)c3n2)c1.O.O.[HH]. The van der Waals surface area contributed by atoms with Gasteiger partial charge in [0.1, 0.15) is 5.60 Å². The third kappa shape index (κ3) is 8.49. The van der Waals surface area contributed by atoms with Crippen LogP contribution in [0.1, 0.15) is 34.5 Å². The Balaban J connectivity index is 0.00000128. The van der Waals surface area contributed by atoms with Gasteiger partial charge in [-0.05, 0) is 68.8 Å². The highest BCUT2D eigenvalue weighted by atomic mass is 32.2. The maximum absolute atomic E-state index is 6.32. The summed E-state index contributed by atoms with van der Waals surface area (Å²) in [6.45, 7) is 5.38. The van der Waals surface area contributed by atoms with Gasteiger partial charge in [0.2, 0.25) is 11.8 Å². The van der Waals surface area contributed by atoms with E-state index in [0.29, 0.717) is 23.9 Å². The molecule has 1 fully saturated rings. The summed E-state index contributed by atoms with van der Waals surface area (Å²) in [4.78, 5) is 19.8. The van der Waals surface area contributed by atoms with E-state index in [0.717, 1.165) is 48.2 Å². The molecule has 1 unspecified atom stereocenters. The molecule has 212 valence electrons. The lowest BCUT2D eigenvalue weighted by atomic mass is 10.0. The quantitative estimate of drug-likeness (QED) is 0.214. The number of benzene rings is 1. The molecule has 3 aromatic rings. The second-order valence-corrected chi connectivity index (χ2v) is 10.1.